The quantitative estimate of drug-likeness (QED) is 0.717. The Kier molecular flexibility index (Phi) is 6.89. The number of nitrogens with one attached hydrogen (secondary N) is 1. The Bertz CT molecular complexity index is 994. The molecular weight excluding hydrogens is 419 g/mol. The zero-order valence-corrected chi connectivity index (χ0v) is 17.5. The summed E-state index contributed by atoms with van der Waals surface area (Å²) >= 11 is 6.22. The molecule has 1 atom stereocenters. The molecule has 1 fully saturated rings. The Morgan fingerprint density at radius 3 is 2.76 bits per heavy atom. The van der Waals surface area contributed by atoms with E-state index in [4.69, 9.17) is 16.3 Å². The summed E-state index contributed by atoms with van der Waals surface area (Å²) in [5, 5.41) is 0.140. The van der Waals surface area contributed by atoms with Crippen LogP contribution in [0.15, 0.2) is 47.4 Å². The average molecular weight is 441 g/mol. The number of ether oxygens (including phenoxy) is 1. The van der Waals surface area contributed by atoms with Crippen LogP contribution in [-0.2, 0) is 21.3 Å². The van der Waals surface area contributed by atoms with Gasteiger partial charge >= 0.3 is 0 Å². The first-order valence-electron chi connectivity index (χ1n) is 9.18. The predicted molar refractivity (Wildman–Crippen MR) is 108 cm³/mol. The van der Waals surface area contributed by atoms with Crippen molar-refractivity contribution in [2.45, 2.75) is 30.4 Å². The maximum absolute atomic E-state index is 13.6. The average Bonchev–Trinajstić information content (AvgIpc) is 3.20. The van der Waals surface area contributed by atoms with E-state index in [0.717, 1.165) is 12.8 Å². The Hall–Kier alpha value is -2.00. The highest BCUT2D eigenvalue weighted by Crippen LogP contribution is 2.24. The molecule has 6 nitrogen and oxygen atoms in total. The molecule has 0 aliphatic carbocycles. The summed E-state index contributed by atoms with van der Waals surface area (Å²) in [6.45, 7) is 1.08. The van der Waals surface area contributed by atoms with Crippen LogP contribution in [0.4, 0.5) is 4.39 Å². The van der Waals surface area contributed by atoms with Gasteiger partial charge in [-0.2, -0.15) is 0 Å². The van der Waals surface area contributed by atoms with E-state index in [9.17, 15) is 17.6 Å². The van der Waals surface area contributed by atoms with E-state index in [-0.39, 0.29) is 28.1 Å². The summed E-state index contributed by atoms with van der Waals surface area (Å²) in [5.41, 5.74) is 0.684. The van der Waals surface area contributed by atoms with Gasteiger partial charge in [-0.25, -0.2) is 17.5 Å². The van der Waals surface area contributed by atoms with Crippen LogP contribution >= 0.6 is 11.6 Å². The fourth-order valence-corrected chi connectivity index (χ4v) is 4.19. The van der Waals surface area contributed by atoms with Crippen LogP contribution in [0.5, 0.6) is 0 Å². The Morgan fingerprint density at radius 1 is 1.31 bits per heavy atom. The molecule has 1 aliphatic heterocycles. The van der Waals surface area contributed by atoms with Crippen molar-refractivity contribution in [3.8, 4) is 0 Å². The minimum atomic E-state index is -3.74. The van der Waals surface area contributed by atoms with Gasteiger partial charge in [-0.15, -0.1) is 0 Å². The lowest BCUT2D eigenvalue weighted by molar-refractivity contribution is 0.0507. The van der Waals surface area contributed by atoms with E-state index in [2.05, 4.69) is 4.72 Å². The molecule has 1 aliphatic rings. The number of carbonyl (C=O) groups is 1. The SMILES string of the molecule is CNS(=O)(=O)c1ccc(Cl)c(C(=O)N(Cc2cccc(F)c2)CC2CCCO2)c1. The molecule has 29 heavy (non-hydrogen) atoms. The second-order valence-electron chi connectivity index (χ2n) is 6.80. The molecule has 1 saturated heterocycles. The van der Waals surface area contributed by atoms with Gasteiger partial charge in [-0.1, -0.05) is 23.7 Å². The van der Waals surface area contributed by atoms with E-state index < -0.39 is 21.7 Å². The van der Waals surface area contributed by atoms with Gasteiger partial charge in [-0.05, 0) is 55.8 Å². The monoisotopic (exact) mass is 440 g/mol. The van der Waals surface area contributed by atoms with E-state index in [0.29, 0.717) is 18.7 Å². The molecule has 0 bridgehead atoms. The highest BCUT2D eigenvalue weighted by Gasteiger charge is 2.26. The molecule has 0 spiro atoms. The molecule has 0 saturated carbocycles. The topological polar surface area (TPSA) is 75.7 Å². The van der Waals surface area contributed by atoms with Crippen LogP contribution in [0.2, 0.25) is 5.02 Å². The third kappa shape index (κ3) is 5.33. The van der Waals surface area contributed by atoms with E-state index >= 15 is 0 Å². The number of rotatable bonds is 7. The summed E-state index contributed by atoms with van der Waals surface area (Å²) in [4.78, 5) is 14.7. The van der Waals surface area contributed by atoms with Crippen LogP contribution in [-0.4, -0.2) is 45.5 Å². The normalized spacial score (nSPS) is 16.7. The zero-order valence-electron chi connectivity index (χ0n) is 15.9. The Morgan fingerprint density at radius 2 is 2.10 bits per heavy atom. The van der Waals surface area contributed by atoms with Crippen LogP contribution in [0.25, 0.3) is 0 Å². The lowest BCUT2D eigenvalue weighted by atomic mass is 10.1. The third-order valence-corrected chi connectivity index (χ3v) is 6.49. The summed E-state index contributed by atoms with van der Waals surface area (Å²) in [6.07, 6.45) is 1.59. The van der Waals surface area contributed by atoms with Crippen molar-refractivity contribution in [1.82, 2.24) is 9.62 Å². The summed E-state index contributed by atoms with van der Waals surface area (Å²) in [7, 11) is -2.45. The summed E-state index contributed by atoms with van der Waals surface area (Å²) in [5.74, 6) is -0.838. The summed E-state index contributed by atoms with van der Waals surface area (Å²) < 4.78 is 45.7. The van der Waals surface area contributed by atoms with Gasteiger partial charge in [0.2, 0.25) is 10.0 Å². The predicted octanol–water partition coefficient (Wildman–Crippen LogP) is 3.21. The molecule has 1 heterocycles. The minimum Gasteiger partial charge on any atom is -0.376 e. The van der Waals surface area contributed by atoms with Crippen molar-refractivity contribution in [2.24, 2.45) is 0 Å². The van der Waals surface area contributed by atoms with E-state index in [1.54, 1.807) is 12.1 Å². The van der Waals surface area contributed by atoms with Crippen molar-refractivity contribution in [3.05, 3.63) is 64.4 Å². The second-order valence-corrected chi connectivity index (χ2v) is 9.09. The van der Waals surface area contributed by atoms with Gasteiger partial charge in [0.1, 0.15) is 5.82 Å². The molecule has 3 rings (SSSR count). The molecular formula is C20H22ClFN2O4S. The molecule has 1 unspecified atom stereocenters. The number of amides is 1. The molecule has 1 amide bonds. The lowest BCUT2D eigenvalue weighted by Gasteiger charge is -2.26. The molecule has 2 aromatic carbocycles. The number of hydrogen-bond acceptors (Lipinski definition) is 4. The molecule has 0 radical (unpaired) electrons. The van der Waals surface area contributed by atoms with E-state index in [1.165, 1.54) is 42.3 Å². The third-order valence-electron chi connectivity index (χ3n) is 4.74. The Labute approximate surface area is 174 Å². The van der Waals surface area contributed by atoms with Crippen LogP contribution in [0.3, 0.4) is 0 Å². The molecule has 156 valence electrons. The van der Waals surface area contributed by atoms with Crippen molar-refractivity contribution in [3.63, 3.8) is 0 Å². The van der Waals surface area contributed by atoms with Crippen LogP contribution in [0.1, 0.15) is 28.8 Å². The fraction of sp³-hybridized carbons (Fsp3) is 0.350. The minimum absolute atomic E-state index is 0.0597. The molecule has 0 aromatic heterocycles. The number of carbonyl (C=O) groups excluding carboxylic acids is 1. The van der Waals surface area contributed by atoms with Crippen molar-refractivity contribution in [1.29, 1.82) is 0 Å². The number of nitrogens with zero attached hydrogens (tertiary/aromatic N) is 1. The molecule has 1 N–H and O–H groups in total. The summed E-state index contributed by atoms with van der Waals surface area (Å²) in [6, 6.07) is 9.96. The number of sulfonamides is 1. The maximum atomic E-state index is 13.6. The van der Waals surface area contributed by atoms with Gasteiger partial charge in [0.25, 0.3) is 5.91 Å². The maximum Gasteiger partial charge on any atom is 0.255 e. The van der Waals surface area contributed by atoms with Crippen molar-refractivity contribution in [2.75, 3.05) is 20.2 Å². The smallest absolute Gasteiger partial charge is 0.255 e. The first-order chi connectivity index (χ1) is 13.8. The lowest BCUT2D eigenvalue weighted by Crippen LogP contribution is -2.37. The van der Waals surface area contributed by atoms with E-state index in [1.807, 2.05) is 0 Å². The number of hydrogen-bond donors (Lipinski definition) is 1. The van der Waals surface area contributed by atoms with Gasteiger partial charge in [0.15, 0.2) is 0 Å². The van der Waals surface area contributed by atoms with Gasteiger partial charge in [-0.3, -0.25) is 4.79 Å². The van der Waals surface area contributed by atoms with Crippen LogP contribution in [0, 0.1) is 5.82 Å². The first-order valence-corrected chi connectivity index (χ1v) is 11.0. The fourth-order valence-electron chi connectivity index (χ4n) is 3.23. The first kappa shape index (κ1) is 21.7. The van der Waals surface area contributed by atoms with Crippen molar-refractivity contribution < 1.29 is 22.3 Å². The van der Waals surface area contributed by atoms with Gasteiger partial charge in [0.05, 0.1) is 21.6 Å². The van der Waals surface area contributed by atoms with Gasteiger partial charge in [0, 0.05) is 19.7 Å². The largest absolute Gasteiger partial charge is 0.376 e. The molecule has 9 heteroatoms. The highest BCUT2D eigenvalue weighted by molar-refractivity contribution is 7.89. The zero-order chi connectivity index (χ0) is 21.0. The van der Waals surface area contributed by atoms with Crippen LogP contribution < -0.4 is 4.72 Å². The number of halogens is 2. The standard InChI is InChI=1S/C20H22ClFN2O4S/c1-23-29(26,27)17-7-8-19(21)18(11-17)20(25)24(13-16-6-3-9-28-16)12-14-4-2-5-15(22)10-14/h2,4-5,7-8,10-11,16,23H,3,6,9,12-13H2,1H3. The second kappa shape index (κ2) is 9.21. The van der Waals surface area contributed by atoms with Gasteiger partial charge < -0.3 is 9.64 Å². The highest BCUT2D eigenvalue weighted by atomic mass is 35.5. The number of benzene rings is 2. The Balaban J connectivity index is 1.94. The van der Waals surface area contributed by atoms with Crippen molar-refractivity contribution >= 4 is 27.5 Å². The molecule has 2 aromatic rings.